The molecule has 102 valence electrons. The van der Waals surface area contributed by atoms with Gasteiger partial charge in [-0.1, -0.05) is 5.11 Å². The molecule has 3 N–H and O–H groups in total. The number of aromatic nitrogens is 2. The summed E-state index contributed by atoms with van der Waals surface area (Å²) < 4.78 is 0. The number of anilines is 2. The summed E-state index contributed by atoms with van der Waals surface area (Å²) >= 11 is 0. The number of nitrogens with two attached hydrogens (primary N) is 1. The molecule has 3 rings (SSSR count). The van der Waals surface area contributed by atoms with Gasteiger partial charge < -0.3 is 15.6 Å². The number of nitrogens with zero attached hydrogens (tertiary/aromatic N) is 5. The monoisotopic (exact) mass is 271 g/mol. The number of amides is 1. The maximum Gasteiger partial charge on any atom is 0.227 e. The van der Waals surface area contributed by atoms with E-state index in [1.807, 2.05) is 0 Å². The van der Waals surface area contributed by atoms with Gasteiger partial charge in [-0.3, -0.25) is 4.79 Å². The van der Waals surface area contributed by atoms with Crippen LogP contribution in [0.3, 0.4) is 0 Å². The molecule has 1 amide bonds. The van der Waals surface area contributed by atoms with Crippen LogP contribution in [-0.4, -0.2) is 29.0 Å². The second kappa shape index (κ2) is 4.75. The summed E-state index contributed by atoms with van der Waals surface area (Å²) in [4.78, 5) is 23.6. The van der Waals surface area contributed by atoms with Crippen molar-refractivity contribution in [3.05, 3.63) is 28.9 Å². The van der Waals surface area contributed by atoms with Gasteiger partial charge in [0.15, 0.2) is 0 Å². The Labute approximate surface area is 114 Å². The molecule has 0 saturated carbocycles. The van der Waals surface area contributed by atoms with Gasteiger partial charge in [-0.15, -0.1) is 0 Å². The largest absolute Gasteiger partial charge is 0.397 e. The number of benzene rings is 1. The molecule has 0 aliphatic carbocycles. The Morgan fingerprint density at radius 2 is 2.45 bits per heavy atom. The molecule has 8 heteroatoms. The average Bonchev–Trinajstić information content (AvgIpc) is 3.01. The second-order valence-corrected chi connectivity index (χ2v) is 4.82. The molecule has 1 aromatic carbocycles. The zero-order valence-corrected chi connectivity index (χ0v) is 10.7. The Hall–Kier alpha value is -2.73. The number of rotatable bonds is 3. The molecule has 8 nitrogen and oxygen atoms in total. The molecule has 0 bridgehead atoms. The zero-order chi connectivity index (χ0) is 14.1. The standard InChI is InChI=1S/C12H13N7O/c13-8-2-9-10(16-6-15-9)3-11(8)19-5-7(1-12(19)20)4-17-18-14/h2-3,6-7H,1,4-5,13H2,(H,15,16). The zero-order valence-electron chi connectivity index (χ0n) is 10.7. The van der Waals surface area contributed by atoms with Gasteiger partial charge in [0.1, 0.15) is 0 Å². The second-order valence-electron chi connectivity index (χ2n) is 4.82. The van der Waals surface area contributed by atoms with Crippen LogP contribution in [0.25, 0.3) is 21.5 Å². The third-order valence-electron chi connectivity index (χ3n) is 3.47. The molecule has 1 aromatic heterocycles. The maximum atomic E-state index is 12.1. The minimum atomic E-state index is -0.00951. The fourth-order valence-corrected chi connectivity index (χ4v) is 2.51. The minimum absolute atomic E-state index is 0.00951. The van der Waals surface area contributed by atoms with Crippen molar-refractivity contribution < 1.29 is 4.79 Å². The summed E-state index contributed by atoms with van der Waals surface area (Å²) in [5.41, 5.74) is 17.1. The first-order valence-corrected chi connectivity index (χ1v) is 6.23. The molecule has 1 atom stereocenters. The van der Waals surface area contributed by atoms with Crippen LogP contribution < -0.4 is 10.6 Å². The van der Waals surface area contributed by atoms with E-state index in [2.05, 4.69) is 20.0 Å². The van der Waals surface area contributed by atoms with Crippen molar-refractivity contribution in [2.75, 3.05) is 23.7 Å². The average molecular weight is 271 g/mol. The van der Waals surface area contributed by atoms with E-state index in [0.717, 1.165) is 11.0 Å². The molecule has 1 unspecified atom stereocenters. The molecule has 1 aliphatic heterocycles. The number of H-pyrrole nitrogens is 1. The Morgan fingerprint density at radius 1 is 1.60 bits per heavy atom. The van der Waals surface area contributed by atoms with Crippen molar-refractivity contribution in [2.24, 2.45) is 11.0 Å². The van der Waals surface area contributed by atoms with Crippen LogP contribution >= 0.6 is 0 Å². The van der Waals surface area contributed by atoms with Gasteiger partial charge in [0, 0.05) is 24.4 Å². The molecule has 0 radical (unpaired) electrons. The first kappa shape index (κ1) is 12.3. The topological polar surface area (TPSA) is 124 Å². The van der Waals surface area contributed by atoms with Crippen molar-refractivity contribution in [3.63, 3.8) is 0 Å². The number of imidazole rings is 1. The number of carbonyl (C=O) groups excluding carboxylic acids is 1. The minimum Gasteiger partial charge on any atom is -0.397 e. The number of hydrogen-bond donors (Lipinski definition) is 2. The van der Waals surface area contributed by atoms with Gasteiger partial charge in [0.2, 0.25) is 5.91 Å². The van der Waals surface area contributed by atoms with Crippen LogP contribution in [0.5, 0.6) is 0 Å². The highest BCUT2D eigenvalue weighted by Gasteiger charge is 2.31. The SMILES string of the molecule is [N-]=[N+]=NCC1CC(=O)N(c2cc3nc[nH]c3cc2N)C1. The molecular weight excluding hydrogens is 258 g/mol. The molecule has 1 aliphatic rings. The number of fused-ring (bicyclic) bond motifs is 1. The maximum absolute atomic E-state index is 12.1. The molecule has 0 spiro atoms. The highest BCUT2D eigenvalue weighted by Crippen LogP contribution is 2.32. The summed E-state index contributed by atoms with van der Waals surface area (Å²) in [7, 11) is 0. The van der Waals surface area contributed by atoms with Gasteiger partial charge in [0.25, 0.3) is 0 Å². The van der Waals surface area contributed by atoms with E-state index in [4.69, 9.17) is 11.3 Å². The fraction of sp³-hybridized carbons (Fsp3) is 0.333. The lowest BCUT2D eigenvalue weighted by Gasteiger charge is -2.18. The van der Waals surface area contributed by atoms with Crippen LogP contribution in [0, 0.1) is 5.92 Å². The molecule has 2 aromatic rings. The number of nitrogen functional groups attached to an aromatic ring is 1. The first-order valence-electron chi connectivity index (χ1n) is 6.23. The molecular formula is C12H13N7O. The van der Waals surface area contributed by atoms with E-state index in [1.165, 1.54) is 0 Å². The molecule has 2 heterocycles. The summed E-state index contributed by atoms with van der Waals surface area (Å²) in [6.07, 6.45) is 1.96. The lowest BCUT2D eigenvalue weighted by atomic mass is 10.1. The Balaban J connectivity index is 1.92. The van der Waals surface area contributed by atoms with Crippen molar-refractivity contribution >= 4 is 28.3 Å². The van der Waals surface area contributed by atoms with Crippen LogP contribution in [0.1, 0.15) is 6.42 Å². The Bertz CT molecular complexity index is 716. The van der Waals surface area contributed by atoms with Crippen LogP contribution in [0.4, 0.5) is 11.4 Å². The molecule has 1 fully saturated rings. The van der Waals surface area contributed by atoms with Crippen molar-refractivity contribution in [2.45, 2.75) is 6.42 Å². The highest BCUT2D eigenvalue weighted by molar-refractivity contribution is 6.01. The third-order valence-corrected chi connectivity index (χ3v) is 3.47. The molecule has 1 saturated heterocycles. The quantitative estimate of drug-likeness (QED) is 0.382. The number of aromatic amines is 1. The van der Waals surface area contributed by atoms with Crippen LogP contribution in [-0.2, 0) is 4.79 Å². The summed E-state index contributed by atoms with van der Waals surface area (Å²) in [5.74, 6) is 0.0254. The lowest BCUT2D eigenvalue weighted by molar-refractivity contribution is -0.117. The van der Waals surface area contributed by atoms with E-state index in [9.17, 15) is 4.79 Å². The van der Waals surface area contributed by atoms with Crippen molar-refractivity contribution in [3.8, 4) is 0 Å². The smallest absolute Gasteiger partial charge is 0.227 e. The predicted octanol–water partition coefficient (Wildman–Crippen LogP) is 1.81. The fourth-order valence-electron chi connectivity index (χ4n) is 2.51. The number of hydrogen-bond acceptors (Lipinski definition) is 4. The predicted molar refractivity (Wildman–Crippen MR) is 75.0 cm³/mol. The van der Waals surface area contributed by atoms with E-state index in [0.29, 0.717) is 30.9 Å². The van der Waals surface area contributed by atoms with Crippen molar-refractivity contribution in [1.29, 1.82) is 0 Å². The Kier molecular flexibility index (Phi) is 2.92. The van der Waals surface area contributed by atoms with Crippen molar-refractivity contribution in [1.82, 2.24) is 9.97 Å². The Morgan fingerprint density at radius 3 is 3.25 bits per heavy atom. The van der Waals surface area contributed by atoms with Gasteiger partial charge in [-0.25, -0.2) is 4.98 Å². The normalized spacial score (nSPS) is 18.5. The van der Waals surface area contributed by atoms with Crippen LogP contribution in [0.2, 0.25) is 0 Å². The third kappa shape index (κ3) is 2.02. The summed E-state index contributed by atoms with van der Waals surface area (Å²) in [6.45, 7) is 0.835. The van der Waals surface area contributed by atoms with E-state index < -0.39 is 0 Å². The van der Waals surface area contributed by atoms with Gasteiger partial charge in [-0.05, 0) is 23.6 Å². The number of nitrogens with one attached hydrogen (secondary N) is 1. The van der Waals surface area contributed by atoms with Crippen LogP contribution in [0.15, 0.2) is 23.6 Å². The van der Waals surface area contributed by atoms with Gasteiger partial charge in [-0.2, -0.15) is 0 Å². The summed E-state index contributed by atoms with van der Waals surface area (Å²) in [6, 6.07) is 3.57. The van der Waals surface area contributed by atoms with E-state index >= 15 is 0 Å². The summed E-state index contributed by atoms with van der Waals surface area (Å²) in [5, 5.41) is 3.53. The number of carbonyl (C=O) groups is 1. The first-order chi connectivity index (χ1) is 9.69. The highest BCUT2D eigenvalue weighted by atomic mass is 16.2. The molecule has 20 heavy (non-hydrogen) atoms. The van der Waals surface area contributed by atoms with Gasteiger partial charge in [0.05, 0.1) is 28.7 Å². The van der Waals surface area contributed by atoms with Gasteiger partial charge >= 0.3 is 0 Å². The van der Waals surface area contributed by atoms with E-state index in [-0.39, 0.29) is 11.8 Å². The lowest BCUT2D eigenvalue weighted by Crippen LogP contribution is -2.25. The number of azide groups is 1. The van der Waals surface area contributed by atoms with E-state index in [1.54, 1.807) is 23.4 Å².